The Morgan fingerprint density at radius 3 is 2.78 bits per heavy atom. The van der Waals surface area contributed by atoms with Crippen molar-refractivity contribution in [2.24, 2.45) is 0 Å². The molecule has 0 atom stereocenters. The van der Waals surface area contributed by atoms with Crippen molar-refractivity contribution in [1.82, 2.24) is 30.0 Å². The van der Waals surface area contributed by atoms with Gasteiger partial charge in [0.15, 0.2) is 5.65 Å². The minimum absolute atomic E-state index is 0.0470. The number of aromatic nitrogens is 5. The van der Waals surface area contributed by atoms with Crippen LogP contribution in [0.5, 0.6) is 0 Å². The molecular weight excluding hydrogens is 292 g/mol. The summed E-state index contributed by atoms with van der Waals surface area (Å²) >= 11 is 0. The molecule has 1 amide bonds. The lowest BCUT2D eigenvalue weighted by Crippen LogP contribution is -2.38. The van der Waals surface area contributed by atoms with Crippen LogP contribution in [0.4, 0.5) is 0 Å². The predicted octanol–water partition coefficient (Wildman–Crippen LogP) is 1.77. The molecule has 0 saturated carbocycles. The van der Waals surface area contributed by atoms with Gasteiger partial charge in [-0.1, -0.05) is 0 Å². The van der Waals surface area contributed by atoms with E-state index in [2.05, 4.69) is 25.1 Å². The number of aromatic amines is 1. The number of piperidine rings is 1. The Bertz CT molecular complexity index is 823. The Kier molecular flexibility index (Phi) is 3.45. The summed E-state index contributed by atoms with van der Waals surface area (Å²) in [6, 6.07) is 3.59. The lowest BCUT2D eigenvalue weighted by molar-refractivity contribution is 0.0712. The molecular formula is C16H16N6O. The van der Waals surface area contributed by atoms with Crippen molar-refractivity contribution < 1.29 is 4.79 Å². The Morgan fingerprint density at radius 1 is 1.17 bits per heavy atom. The first-order chi connectivity index (χ1) is 11.3. The van der Waals surface area contributed by atoms with E-state index in [1.807, 2.05) is 4.90 Å². The zero-order valence-corrected chi connectivity index (χ0v) is 12.5. The number of fused-ring (bicyclic) bond motifs is 1. The van der Waals surface area contributed by atoms with Crippen LogP contribution >= 0.6 is 0 Å². The molecule has 116 valence electrons. The number of H-pyrrole nitrogens is 1. The Morgan fingerprint density at radius 2 is 2.00 bits per heavy atom. The fourth-order valence-electron chi connectivity index (χ4n) is 3.10. The van der Waals surface area contributed by atoms with Gasteiger partial charge in [-0.25, -0.2) is 9.97 Å². The number of nitrogens with zero attached hydrogens (tertiary/aromatic N) is 5. The largest absolute Gasteiger partial charge is 0.339 e. The smallest absolute Gasteiger partial charge is 0.255 e. The summed E-state index contributed by atoms with van der Waals surface area (Å²) in [6.45, 7) is 1.44. The van der Waals surface area contributed by atoms with Gasteiger partial charge in [0.2, 0.25) is 0 Å². The summed E-state index contributed by atoms with van der Waals surface area (Å²) in [5.41, 5.74) is 3.16. The van der Waals surface area contributed by atoms with Crippen LogP contribution < -0.4 is 0 Å². The first-order valence-electron chi connectivity index (χ1n) is 7.67. The molecule has 1 saturated heterocycles. The standard InChI is InChI=1S/C16H16N6O/c23-16(12-2-1-5-17-10-12)22-8-3-11(4-9-22)13-14-15(21-20-13)19-7-6-18-14/h1-2,5-7,10-11H,3-4,8-9H2,(H,19,20,21). The van der Waals surface area contributed by atoms with Crippen LogP contribution in [-0.2, 0) is 0 Å². The number of hydrogen-bond donors (Lipinski definition) is 1. The lowest BCUT2D eigenvalue weighted by atomic mass is 9.93. The van der Waals surface area contributed by atoms with E-state index in [9.17, 15) is 4.79 Å². The summed E-state index contributed by atoms with van der Waals surface area (Å²) in [4.78, 5) is 26.9. The highest BCUT2D eigenvalue weighted by atomic mass is 16.2. The highest BCUT2D eigenvalue weighted by Crippen LogP contribution is 2.30. The number of nitrogens with one attached hydrogen (secondary N) is 1. The average Bonchev–Trinajstić information content (AvgIpc) is 3.06. The molecule has 0 spiro atoms. The fraction of sp³-hybridized carbons (Fsp3) is 0.312. The quantitative estimate of drug-likeness (QED) is 0.779. The van der Waals surface area contributed by atoms with E-state index in [1.165, 1.54) is 0 Å². The molecule has 1 fully saturated rings. The number of pyridine rings is 1. The molecule has 0 radical (unpaired) electrons. The maximum atomic E-state index is 12.4. The van der Waals surface area contributed by atoms with Crippen molar-refractivity contribution in [2.45, 2.75) is 18.8 Å². The second-order valence-electron chi connectivity index (χ2n) is 5.67. The Hall–Kier alpha value is -2.83. The second kappa shape index (κ2) is 5.75. The minimum atomic E-state index is 0.0470. The molecule has 3 aromatic rings. The van der Waals surface area contributed by atoms with Crippen LogP contribution in [0.3, 0.4) is 0 Å². The summed E-state index contributed by atoms with van der Waals surface area (Å²) in [6.07, 6.45) is 8.39. The monoisotopic (exact) mass is 308 g/mol. The first kappa shape index (κ1) is 13.8. The average molecular weight is 308 g/mol. The summed E-state index contributed by atoms with van der Waals surface area (Å²) < 4.78 is 0. The van der Waals surface area contributed by atoms with Gasteiger partial charge in [0.05, 0.1) is 11.3 Å². The Labute approximate surface area is 132 Å². The number of amides is 1. The van der Waals surface area contributed by atoms with Crippen LogP contribution in [0.1, 0.15) is 34.8 Å². The van der Waals surface area contributed by atoms with Crippen molar-refractivity contribution in [3.05, 3.63) is 48.2 Å². The minimum Gasteiger partial charge on any atom is -0.339 e. The van der Waals surface area contributed by atoms with Crippen LogP contribution in [0, 0.1) is 0 Å². The lowest BCUT2D eigenvalue weighted by Gasteiger charge is -2.31. The van der Waals surface area contributed by atoms with Gasteiger partial charge < -0.3 is 4.90 Å². The highest BCUT2D eigenvalue weighted by molar-refractivity contribution is 5.93. The molecule has 4 rings (SSSR count). The number of hydrogen-bond acceptors (Lipinski definition) is 5. The number of likely N-dealkylation sites (tertiary alicyclic amines) is 1. The zero-order valence-electron chi connectivity index (χ0n) is 12.5. The van der Waals surface area contributed by atoms with Gasteiger partial charge in [0.25, 0.3) is 5.91 Å². The molecule has 0 bridgehead atoms. The van der Waals surface area contributed by atoms with Gasteiger partial charge in [-0.05, 0) is 25.0 Å². The van der Waals surface area contributed by atoms with E-state index in [4.69, 9.17) is 0 Å². The fourth-order valence-corrected chi connectivity index (χ4v) is 3.10. The summed E-state index contributed by atoms with van der Waals surface area (Å²) in [7, 11) is 0. The van der Waals surface area contributed by atoms with Crippen molar-refractivity contribution >= 4 is 17.1 Å². The molecule has 3 aromatic heterocycles. The third kappa shape index (κ3) is 2.54. The molecule has 7 nitrogen and oxygen atoms in total. The third-order valence-corrected chi connectivity index (χ3v) is 4.32. The molecule has 1 aliphatic heterocycles. The molecule has 23 heavy (non-hydrogen) atoms. The molecule has 1 aliphatic rings. The van der Waals surface area contributed by atoms with Gasteiger partial charge in [0.1, 0.15) is 5.52 Å². The van der Waals surface area contributed by atoms with E-state index in [1.54, 1.807) is 36.9 Å². The van der Waals surface area contributed by atoms with Gasteiger partial charge in [0, 0.05) is 43.8 Å². The number of rotatable bonds is 2. The maximum Gasteiger partial charge on any atom is 0.255 e. The first-order valence-corrected chi connectivity index (χ1v) is 7.67. The Balaban J connectivity index is 1.48. The second-order valence-corrected chi connectivity index (χ2v) is 5.67. The zero-order chi connectivity index (χ0) is 15.6. The molecule has 7 heteroatoms. The SMILES string of the molecule is O=C(c1cccnc1)N1CCC(c2[nH]nc3nccnc23)CC1. The molecule has 0 aromatic carbocycles. The topological polar surface area (TPSA) is 87.7 Å². The van der Waals surface area contributed by atoms with E-state index >= 15 is 0 Å². The van der Waals surface area contributed by atoms with Gasteiger partial charge >= 0.3 is 0 Å². The van der Waals surface area contributed by atoms with Gasteiger partial charge in [-0.2, -0.15) is 5.10 Å². The molecule has 0 aliphatic carbocycles. The van der Waals surface area contributed by atoms with Gasteiger partial charge in [-0.3, -0.25) is 14.9 Å². The predicted molar refractivity (Wildman–Crippen MR) is 83.8 cm³/mol. The number of carbonyl (C=O) groups is 1. The third-order valence-electron chi connectivity index (χ3n) is 4.32. The van der Waals surface area contributed by atoms with E-state index in [0.29, 0.717) is 17.1 Å². The number of carbonyl (C=O) groups excluding carboxylic acids is 1. The summed E-state index contributed by atoms with van der Waals surface area (Å²) in [5.74, 6) is 0.375. The van der Waals surface area contributed by atoms with Crippen molar-refractivity contribution in [3.63, 3.8) is 0 Å². The van der Waals surface area contributed by atoms with Crippen molar-refractivity contribution in [2.75, 3.05) is 13.1 Å². The van der Waals surface area contributed by atoms with Crippen molar-refractivity contribution in [1.29, 1.82) is 0 Å². The van der Waals surface area contributed by atoms with E-state index in [0.717, 1.165) is 37.1 Å². The molecule has 1 N–H and O–H groups in total. The van der Waals surface area contributed by atoms with Crippen molar-refractivity contribution in [3.8, 4) is 0 Å². The van der Waals surface area contributed by atoms with Crippen LogP contribution in [0.25, 0.3) is 11.2 Å². The van der Waals surface area contributed by atoms with Gasteiger partial charge in [-0.15, -0.1) is 0 Å². The van der Waals surface area contributed by atoms with Crippen LogP contribution in [-0.4, -0.2) is 49.0 Å². The van der Waals surface area contributed by atoms with Crippen LogP contribution in [0.15, 0.2) is 36.9 Å². The molecule has 4 heterocycles. The van der Waals surface area contributed by atoms with E-state index < -0.39 is 0 Å². The van der Waals surface area contributed by atoms with E-state index in [-0.39, 0.29) is 5.91 Å². The normalized spacial score (nSPS) is 15.9. The maximum absolute atomic E-state index is 12.4. The molecule has 0 unspecified atom stereocenters. The summed E-state index contributed by atoms with van der Waals surface area (Å²) in [5, 5.41) is 7.28. The highest BCUT2D eigenvalue weighted by Gasteiger charge is 2.27. The van der Waals surface area contributed by atoms with Crippen LogP contribution in [0.2, 0.25) is 0 Å².